The summed E-state index contributed by atoms with van der Waals surface area (Å²) in [7, 11) is 1.34. The molecule has 2 N–H and O–H groups in total. The average molecular weight is 272 g/mol. The first-order chi connectivity index (χ1) is 8.86. The van der Waals surface area contributed by atoms with Gasteiger partial charge in [0.05, 0.1) is 7.11 Å². The van der Waals surface area contributed by atoms with E-state index in [0.717, 1.165) is 13.0 Å². The van der Waals surface area contributed by atoms with E-state index in [4.69, 9.17) is 4.74 Å². The highest BCUT2D eigenvalue weighted by Crippen LogP contribution is 2.06. The van der Waals surface area contributed by atoms with Gasteiger partial charge in [-0.1, -0.05) is 27.7 Å². The van der Waals surface area contributed by atoms with Gasteiger partial charge < -0.3 is 15.4 Å². The maximum Gasteiger partial charge on any atom is 0.328 e. The number of methoxy groups -OCH3 is 1. The van der Waals surface area contributed by atoms with Crippen molar-refractivity contribution >= 4 is 11.9 Å². The van der Waals surface area contributed by atoms with Crippen LogP contribution in [0, 0.1) is 5.92 Å². The molecule has 1 atom stereocenters. The standard InChI is InChI=1S/C14H28N2O3/c1-10(2)9-12(14(18)19-5)16-13(17)7-6-8-15-11(3)4/h10-12,15H,6-9H2,1-5H3,(H,16,17). The van der Waals surface area contributed by atoms with E-state index in [1.807, 2.05) is 13.8 Å². The van der Waals surface area contributed by atoms with Gasteiger partial charge in [-0.05, 0) is 25.3 Å². The van der Waals surface area contributed by atoms with Crippen LogP contribution in [0.15, 0.2) is 0 Å². The first kappa shape index (κ1) is 17.9. The average Bonchev–Trinajstić information content (AvgIpc) is 2.32. The van der Waals surface area contributed by atoms with Crippen LogP contribution >= 0.6 is 0 Å². The van der Waals surface area contributed by atoms with Crippen LogP contribution < -0.4 is 10.6 Å². The number of carbonyl (C=O) groups is 2. The number of amides is 1. The molecule has 1 amide bonds. The van der Waals surface area contributed by atoms with Crippen LogP contribution in [0.2, 0.25) is 0 Å². The molecule has 5 nitrogen and oxygen atoms in total. The fourth-order valence-electron chi connectivity index (χ4n) is 1.73. The maximum atomic E-state index is 11.8. The van der Waals surface area contributed by atoms with E-state index in [1.165, 1.54) is 7.11 Å². The molecule has 0 rings (SSSR count). The number of nitrogens with one attached hydrogen (secondary N) is 2. The molecule has 0 bridgehead atoms. The second kappa shape index (κ2) is 9.78. The molecule has 112 valence electrons. The van der Waals surface area contributed by atoms with Gasteiger partial charge in [-0.15, -0.1) is 0 Å². The summed E-state index contributed by atoms with van der Waals surface area (Å²) >= 11 is 0. The Hall–Kier alpha value is -1.10. The molecule has 0 heterocycles. The summed E-state index contributed by atoms with van der Waals surface area (Å²) in [6.07, 6.45) is 1.79. The van der Waals surface area contributed by atoms with Gasteiger partial charge in [0, 0.05) is 12.5 Å². The van der Waals surface area contributed by atoms with Crippen molar-refractivity contribution in [1.82, 2.24) is 10.6 Å². The van der Waals surface area contributed by atoms with Crippen LogP contribution in [-0.4, -0.2) is 37.6 Å². The minimum Gasteiger partial charge on any atom is -0.467 e. The van der Waals surface area contributed by atoms with Crippen LogP contribution in [0.5, 0.6) is 0 Å². The van der Waals surface area contributed by atoms with Crippen LogP contribution in [0.1, 0.15) is 47.0 Å². The predicted molar refractivity (Wildman–Crippen MR) is 75.8 cm³/mol. The van der Waals surface area contributed by atoms with Crippen molar-refractivity contribution in [3.8, 4) is 0 Å². The summed E-state index contributed by atoms with van der Waals surface area (Å²) in [5, 5.41) is 5.99. The third-order valence-electron chi connectivity index (χ3n) is 2.66. The number of hydrogen-bond acceptors (Lipinski definition) is 4. The third-order valence-corrected chi connectivity index (χ3v) is 2.66. The molecule has 0 aliphatic rings. The lowest BCUT2D eigenvalue weighted by Gasteiger charge is -2.18. The quantitative estimate of drug-likeness (QED) is 0.493. The molecule has 0 fully saturated rings. The molecule has 0 saturated heterocycles. The van der Waals surface area contributed by atoms with Crippen LogP contribution in [0.4, 0.5) is 0 Å². The minimum absolute atomic E-state index is 0.0957. The van der Waals surface area contributed by atoms with Crippen LogP contribution in [0.25, 0.3) is 0 Å². The topological polar surface area (TPSA) is 67.4 Å². The monoisotopic (exact) mass is 272 g/mol. The molecule has 19 heavy (non-hydrogen) atoms. The Balaban J connectivity index is 4.05. The van der Waals surface area contributed by atoms with E-state index in [2.05, 4.69) is 24.5 Å². The Morgan fingerprint density at radius 1 is 1.16 bits per heavy atom. The molecule has 0 spiro atoms. The number of ether oxygens (including phenoxy) is 1. The zero-order valence-corrected chi connectivity index (χ0v) is 12.8. The number of hydrogen-bond donors (Lipinski definition) is 2. The van der Waals surface area contributed by atoms with Crippen molar-refractivity contribution in [2.24, 2.45) is 5.92 Å². The lowest BCUT2D eigenvalue weighted by atomic mass is 10.0. The lowest BCUT2D eigenvalue weighted by molar-refractivity contribution is -0.145. The smallest absolute Gasteiger partial charge is 0.328 e. The van der Waals surface area contributed by atoms with Crippen LogP contribution in [-0.2, 0) is 14.3 Å². The van der Waals surface area contributed by atoms with Gasteiger partial charge >= 0.3 is 5.97 Å². The maximum absolute atomic E-state index is 11.8. The minimum atomic E-state index is -0.532. The van der Waals surface area contributed by atoms with Gasteiger partial charge in [-0.3, -0.25) is 4.79 Å². The van der Waals surface area contributed by atoms with Crippen molar-refractivity contribution in [1.29, 1.82) is 0 Å². The zero-order chi connectivity index (χ0) is 14.8. The summed E-state index contributed by atoms with van der Waals surface area (Å²) in [6.45, 7) is 8.95. The molecule has 0 aromatic heterocycles. The highest BCUT2D eigenvalue weighted by Gasteiger charge is 2.22. The molecule has 0 aromatic rings. The third kappa shape index (κ3) is 9.47. The normalized spacial score (nSPS) is 12.6. The van der Waals surface area contributed by atoms with Gasteiger partial charge in [0.15, 0.2) is 0 Å². The molecule has 0 saturated carbocycles. The van der Waals surface area contributed by atoms with Crippen molar-refractivity contribution in [3.05, 3.63) is 0 Å². The Morgan fingerprint density at radius 2 is 1.79 bits per heavy atom. The molecule has 0 aliphatic heterocycles. The molecule has 0 aliphatic carbocycles. The van der Waals surface area contributed by atoms with E-state index >= 15 is 0 Å². The SMILES string of the molecule is COC(=O)C(CC(C)C)NC(=O)CCCNC(C)C. The van der Waals surface area contributed by atoms with Crippen molar-refractivity contribution < 1.29 is 14.3 Å². The summed E-state index contributed by atoms with van der Waals surface area (Å²) in [4.78, 5) is 23.3. The van der Waals surface area contributed by atoms with E-state index in [9.17, 15) is 9.59 Å². The first-order valence-corrected chi connectivity index (χ1v) is 6.97. The number of esters is 1. The molecule has 5 heteroatoms. The van der Waals surface area contributed by atoms with E-state index < -0.39 is 6.04 Å². The van der Waals surface area contributed by atoms with E-state index in [-0.39, 0.29) is 11.9 Å². The summed E-state index contributed by atoms with van der Waals surface area (Å²) in [5.74, 6) is -0.143. The fraction of sp³-hybridized carbons (Fsp3) is 0.857. The molecule has 0 radical (unpaired) electrons. The first-order valence-electron chi connectivity index (χ1n) is 6.97. The second-order valence-corrected chi connectivity index (χ2v) is 5.49. The predicted octanol–water partition coefficient (Wildman–Crippen LogP) is 1.47. The Kier molecular flexibility index (Phi) is 9.21. The Morgan fingerprint density at radius 3 is 2.26 bits per heavy atom. The summed E-state index contributed by atoms with van der Waals surface area (Å²) < 4.78 is 4.71. The largest absolute Gasteiger partial charge is 0.467 e. The van der Waals surface area contributed by atoms with Gasteiger partial charge in [-0.2, -0.15) is 0 Å². The summed E-state index contributed by atoms with van der Waals surface area (Å²) in [6, 6.07) is -0.109. The highest BCUT2D eigenvalue weighted by atomic mass is 16.5. The Bertz CT molecular complexity index is 278. The fourth-order valence-corrected chi connectivity index (χ4v) is 1.73. The van der Waals surface area contributed by atoms with Crippen molar-refractivity contribution in [2.45, 2.75) is 59.0 Å². The lowest BCUT2D eigenvalue weighted by Crippen LogP contribution is -2.42. The molecule has 0 aromatic carbocycles. The van der Waals surface area contributed by atoms with Crippen molar-refractivity contribution in [3.63, 3.8) is 0 Å². The van der Waals surface area contributed by atoms with Crippen LogP contribution in [0.3, 0.4) is 0 Å². The number of rotatable bonds is 9. The molecular weight excluding hydrogens is 244 g/mol. The highest BCUT2D eigenvalue weighted by molar-refractivity contribution is 5.84. The van der Waals surface area contributed by atoms with E-state index in [0.29, 0.717) is 24.8 Å². The van der Waals surface area contributed by atoms with Gasteiger partial charge in [0.1, 0.15) is 6.04 Å². The van der Waals surface area contributed by atoms with E-state index in [1.54, 1.807) is 0 Å². The van der Waals surface area contributed by atoms with Gasteiger partial charge in [0.25, 0.3) is 0 Å². The Labute approximate surface area is 116 Å². The molecule has 1 unspecified atom stereocenters. The van der Waals surface area contributed by atoms with Gasteiger partial charge in [-0.25, -0.2) is 4.79 Å². The second-order valence-electron chi connectivity index (χ2n) is 5.49. The summed E-state index contributed by atoms with van der Waals surface area (Å²) in [5.41, 5.74) is 0. The van der Waals surface area contributed by atoms with Crippen molar-refractivity contribution in [2.75, 3.05) is 13.7 Å². The molecular formula is C14H28N2O3. The van der Waals surface area contributed by atoms with Gasteiger partial charge in [0.2, 0.25) is 5.91 Å². The number of carbonyl (C=O) groups excluding carboxylic acids is 2. The zero-order valence-electron chi connectivity index (χ0n) is 12.8.